The number of carbonyl (C=O) groups excluding carboxylic acids is 1. The van der Waals surface area contributed by atoms with E-state index >= 15 is 0 Å². The van der Waals surface area contributed by atoms with Gasteiger partial charge in [-0.15, -0.1) is 0 Å². The Morgan fingerprint density at radius 2 is 2.18 bits per heavy atom. The SMILES string of the molecule is CNCc1ccc(C2=NCCN2C(=O)OC(C)(C)C)cc1F. The van der Waals surface area contributed by atoms with Crippen molar-refractivity contribution < 1.29 is 13.9 Å². The Kier molecular flexibility index (Phi) is 4.81. The van der Waals surface area contributed by atoms with E-state index in [2.05, 4.69) is 10.3 Å². The average molecular weight is 307 g/mol. The molecule has 5 nitrogen and oxygen atoms in total. The van der Waals surface area contributed by atoms with Crippen LogP contribution >= 0.6 is 0 Å². The summed E-state index contributed by atoms with van der Waals surface area (Å²) in [6.07, 6.45) is -0.455. The lowest BCUT2D eigenvalue weighted by Gasteiger charge is -2.25. The number of carbonyl (C=O) groups is 1. The molecule has 0 fully saturated rings. The van der Waals surface area contributed by atoms with Crippen molar-refractivity contribution in [1.82, 2.24) is 10.2 Å². The fourth-order valence-corrected chi connectivity index (χ4v) is 2.21. The van der Waals surface area contributed by atoms with Crippen molar-refractivity contribution in [2.75, 3.05) is 20.1 Å². The van der Waals surface area contributed by atoms with Gasteiger partial charge in [-0.05, 0) is 33.9 Å². The van der Waals surface area contributed by atoms with Gasteiger partial charge in [-0.25, -0.2) is 9.18 Å². The molecule has 1 aliphatic heterocycles. The van der Waals surface area contributed by atoms with Crippen LogP contribution in [0.2, 0.25) is 0 Å². The van der Waals surface area contributed by atoms with Crippen LogP contribution in [0.5, 0.6) is 0 Å². The molecule has 22 heavy (non-hydrogen) atoms. The lowest BCUT2D eigenvalue weighted by molar-refractivity contribution is 0.0384. The van der Waals surface area contributed by atoms with Gasteiger partial charge in [0.1, 0.15) is 17.3 Å². The van der Waals surface area contributed by atoms with Crippen molar-refractivity contribution in [1.29, 1.82) is 0 Å². The number of aliphatic imine (C=N–C) groups is 1. The Morgan fingerprint density at radius 1 is 1.45 bits per heavy atom. The minimum atomic E-state index is -0.577. The van der Waals surface area contributed by atoms with E-state index in [1.165, 1.54) is 11.0 Å². The molecule has 120 valence electrons. The van der Waals surface area contributed by atoms with E-state index < -0.39 is 11.7 Å². The van der Waals surface area contributed by atoms with Crippen LogP contribution in [0.25, 0.3) is 0 Å². The van der Waals surface area contributed by atoms with Gasteiger partial charge < -0.3 is 10.1 Å². The number of rotatable bonds is 3. The molecule has 0 aliphatic carbocycles. The van der Waals surface area contributed by atoms with Gasteiger partial charge in [0, 0.05) is 17.7 Å². The lowest BCUT2D eigenvalue weighted by Crippen LogP contribution is -2.39. The van der Waals surface area contributed by atoms with Crippen LogP contribution in [0.3, 0.4) is 0 Å². The molecule has 1 aromatic carbocycles. The molecule has 0 saturated heterocycles. The summed E-state index contributed by atoms with van der Waals surface area (Å²) in [6.45, 7) is 6.82. The molecule has 0 saturated carbocycles. The minimum absolute atomic E-state index is 0.314. The van der Waals surface area contributed by atoms with Crippen LogP contribution in [0.1, 0.15) is 31.9 Å². The average Bonchev–Trinajstić information content (AvgIpc) is 2.88. The van der Waals surface area contributed by atoms with Gasteiger partial charge in [-0.1, -0.05) is 12.1 Å². The number of amidine groups is 1. The maximum atomic E-state index is 14.1. The van der Waals surface area contributed by atoms with Gasteiger partial charge in [0.25, 0.3) is 0 Å². The first kappa shape index (κ1) is 16.4. The highest BCUT2D eigenvalue weighted by Gasteiger charge is 2.29. The molecular weight excluding hydrogens is 285 g/mol. The van der Waals surface area contributed by atoms with E-state index in [0.717, 1.165) is 0 Å². The van der Waals surface area contributed by atoms with Gasteiger partial charge in [-0.3, -0.25) is 9.89 Å². The Labute approximate surface area is 130 Å². The number of hydrogen-bond donors (Lipinski definition) is 1. The van der Waals surface area contributed by atoms with Gasteiger partial charge in [0.05, 0.1) is 13.1 Å². The molecule has 0 aromatic heterocycles. The molecular formula is C16H22FN3O2. The van der Waals surface area contributed by atoms with E-state index in [-0.39, 0.29) is 5.82 Å². The molecule has 0 unspecified atom stereocenters. The first-order chi connectivity index (χ1) is 10.3. The predicted octanol–water partition coefficient (Wildman–Crippen LogP) is 2.54. The largest absolute Gasteiger partial charge is 0.443 e. The second-order valence-electron chi connectivity index (χ2n) is 6.17. The zero-order valence-electron chi connectivity index (χ0n) is 13.4. The van der Waals surface area contributed by atoms with Crippen LogP contribution in [0, 0.1) is 5.82 Å². The first-order valence-electron chi connectivity index (χ1n) is 7.30. The summed E-state index contributed by atoms with van der Waals surface area (Å²) in [4.78, 5) is 18.0. The molecule has 1 N–H and O–H groups in total. The lowest BCUT2D eigenvalue weighted by atomic mass is 10.1. The van der Waals surface area contributed by atoms with E-state index in [1.807, 2.05) is 20.8 Å². The van der Waals surface area contributed by atoms with Crippen molar-refractivity contribution in [3.05, 3.63) is 35.1 Å². The standard InChI is InChI=1S/C16H22FN3O2/c1-16(2,3)22-15(21)20-8-7-19-14(20)11-5-6-12(10-18-4)13(17)9-11/h5-6,9,18H,7-8,10H2,1-4H3. The van der Waals surface area contributed by atoms with Gasteiger partial charge in [-0.2, -0.15) is 0 Å². The summed E-state index contributed by atoms with van der Waals surface area (Å²) < 4.78 is 19.4. The zero-order chi connectivity index (χ0) is 16.3. The van der Waals surface area contributed by atoms with Crippen molar-refractivity contribution in [2.45, 2.75) is 32.9 Å². The maximum Gasteiger partial charge on any atom is 0.416 e. The third-order valence-corrected chi connectivity index (χ3v) is 3.13. The Hall–Kier alpha value is -1.95. The maximum absolute atomic E-state index is 14.1. The van der Waals surface area contributed by atoms with Gasteiger partial charge >= 0.3 is 6.09 Å². The number of hydrogen-bond acceptors (Lipinski definition) is 4. The number of benzene rings is 1. The number of halogens is 1. The summed E-state index contributed by atoms with van der Waals surface area (Å²) in [6, 6.07) is 4.89. The smallest absolute Gasteiger partial charge is 0.416 e. The van der Waals surface area contributed by atoms with Crippen molar-refractivity contribution >= 4 is 11.9 Å². The van der Waals surface area contributed by atoms with Crippen LogP contribution in [0.4, 0.5) is 9.18 Å². The molecule has 6 heteroatoms. The van der Waals surface area contributed by atoms with E-state index in [9.17, 15) is 9.18 Å². The van der Waals surface area contributed by atoms with E-state index in [1.54, 1.807) is 19.2 Å². The molecule has 0 spiro atoms. The molecule has 2 rings (SSSR count). The van der Waals surface area contributed by atoms with Crippen LogP contribution < -0.4 is 5.32 Å². The summed E-state index contributed by atoms with van der Waals surface area (Å²) >= 11 is 0. The second kappa shape index (κ2) is 6.44. The highest BCUT2D eigenvalue weighted by molar-refractivity contribution is 6.07. The van der Waals surface area contributed by atoms with Crippen LogP contribution in [-0.2, 0) is 11.3 Å². The van der Waals surface area contributed by atoms with Crippen molar-refractivity contribution in [3.63, 3.8) is 0 Å². The summed E-state index contributed by atoms with van der Waals surface area (Å²) in [5.74, 6) is 0.148. The van der Waals surface area contributed by atoms with Crippen molar-refractivity contribution in [2.24, 2.45) is 4.99 Å². The van der Waals surface area contributed by atoms with E-state index in [0.29, 0.717) is 36.6 Å². The van der Waals surface area contributed by atoms with Crippen molar-refractivity contribution in [3.8, 4) is 0 Å². The summed E-state index contributed by atoms with van der Waals surface area (Å²) in [7, 11) is 1.76. The third-order valence-electron chi connectivity index (χ3n) is 3.13. The molecule has 1 heterocycles. The first-order valence-corrected chi connectivity index (χ1v) is 7.30. The molecule has 0 atom stereocenters. The van der Waals surface area contributed by atoms with Crippen LogP contribution in [0.15, 0.2) is 23.2 Å². The molecule has 0 radical (unpaired) electrons. The van der Waals surface area contributed by atoms with Gasteiger partial charge in [0.15, 0.2) is 0 Å². The highest BCUT2D eigenvalue weighted by atomic mass is 19.1. The highest BCUT2D eigenvalue weighted by Crippen LogP contribution is 2.18. The summed E-state index contributed by atoms with van der Waals surface area (Å²) in [5, 5.41) is 2.91. The van der Waals surface area contributed by atoms with E-state index in [4.69, 9.17) is 4.74 Å². The summed E-state index contributed by atoms with van der Waals surface area (Å²) in [5.41, 5.74) is 0.585. The number of nitrogens with zero attached hydrogens (tertiary/aromatic N) is 2. The quantitative estimate of drug-likeness (QED) is 0.933. The zero-order valence-corrected chi connectivity index (χ0v) is 13.4. The predicted molar refractivity (Wildman–Crippen MR) is 83.5 cm³/mol. The Bertz CT molecular complexity index is 594. The fourth-order valence-electron chi connectivity index (χ4n) is 2.21. The molecule has 1 aliphatic rings. The van der Waals surface area contributed by atoms with Gasteiger partial charge in [0.2, 0.25) is 0 Å². The minimum Gasteiger partial charge on any atom is -0.443 e. The molecule has 1 amide bonds. The third kappa shape index (κ3) is 3.82. The number of nitrogens with one attached hydrogen (secondary N) is 1. The van der Waals surface area contributed by atoms with Crippen LogP contribution in [-0.4, -0.2) is 42.6 Å². The number of amides is 1. The molecule has 0 bridgehead atoms. The Morgan fingerprint density at radius 3 is 2.77 bits per heavy atom. The normalized spacial score (nSPS) is 15.0. The topological polar surface area (TPSA) is 53.9 Å². The fraction of sp³-hybridized carbons (Fsp3) is 0.500. The molecule has 1 aromatic rings. The number of ether oxygens (including phenoxy) is 1. The monoisotopic (exact) mass is 307 g/mol. The Balaban J connectivity index is 2.20. The second-order valence-corrected chi connectivity index (χ2v) is 6.17.